The van der Waals surface area contributed by atoms with Crippen LogP contribution in [0.1, 0.15) is 37.1 Å². The first kappa shape index (κ1) is 20.7. The van der Waals surface area contributed by atoms with Gasteiger partial charge in [0.15, 0.2) is 5.75 Å². The summed E-state index contributed by atoms with van der Waals surface area (Å²) in [5.41, 5.74) is 0.174. The quantitative estimate of drug-likeness (QED) is 0.721. The summed E-state index contributed by atoms with van der Waals surface area (Å²) in [6.07, 6.45) is -1.70. The molecule has 4 heterocycles. The van der Waals surface area contributed by atoms with Gasteiger partial charge in [-0.05, 0) is 57.0 Å². The van der Waals surface area contributed by atoms with Gasteiger partial charge in [-0.2, -0.15) is 13.2 Å². The number of pyridine rings is 2. The third-order valence-electron chi connectivity index (χ3n) is 5.58. The molecule has 4 rings (SSSR count). The van der Waals surface area contributed by atoms with Crippen molar-refractivity contribution in [2.75, 3.05) is 32.9 Å². The van der Waals surface area contributed by atoms with Crippen molar-refractivity contribution >= 4 is 0 Å². The first-order valence-corrected chi connectivity index (χ1v) is 10.1. The Hall–Kier alpha value is -2.55. The summed E-state index contributed by atoms with van der Waals surface area (Å²) >= 11 is 0. The number of fused-ring (bicyclic) bond motifs is 1. The number of halogens is 3. The highest BCUT2D eigenvalue weighted by Gasteiger charge is 2.31. The smallest absolute Gasteiger partial charge is 0.417 e. The van der Waals surface area contributed by atoms with E-state index in [-0.39, 0.29) is 11.9 Å². The minimum absolute atomic E-state index is 0.152. The maximum atomic E-state index is 12.6. The summed E-state index contributed by atoms with van der Waals surface area (Å²) < 4.78 is 54.5. The molecule has 0 radical (unpaired) electrons. The second-order valence-electron chi connectivity index (χ2n) is 7.59. The first-order valence-electron chi connectivity index (χ1n) is 10.1. The molecule has 2 aliphatic rings. The zero-order valence-electron chi connectivity index (χ0n) is 16.7. The Labute approximate surface area is 173 Å². The largest absolute Gasteiger partial charge is 0.484 e. The molecule has 2 aromatic rings. The van der Waals surface area contributed by atoms with E-state index >= 15 is 0 Å². The van der Waals surface area contributed by atoms with Gasteiger partial charge in [0.1, 0.15) is 13.2 Å². The number of aromatic nitrogens is 2. The van der Waals surface area contributed by atoms with E-state index < -0.39 is 11.7 Å². The lowest BCUT2D eigenvalue weighted by Crippen LogP contribution is -2.37. The number of hydrogen-bond acceptors (Lipinski definition) is 6. The molecule has 1 atom stereocenters. The maximum Gasteiger partial charge on any atom is 0.417 e. The van der Waals surface area contributed by atoms with Gasteiger partial charge in [0.05, 0.1) is 17.9 Å². The van der Waals surface area contributed by atoms with Crippen LogP contribution in [0, 0.1) is 5.92 Å². The van der Waals surface area contributed by atoms with Crippen molar-refractivity contribution in [1.82, 2.24) is 14.9 Å². The standard InChI is InChI=1S/C21H24F3N3O3/c1-14(17-3-4-18-20(26-17)29-11-10-28-18)27-8-6-15(7-9-27)13-30-19-5-2-16(12-25-19)21(22,23)24/h2-5,12,14-15H,6-11,13H2,1H3. The molecule has 2 aromatic heterocycles. The number of nitrogens with zero attached hydrogens (tertiary/aromatic N) is 3. The molecule has 162 valence electrons. The van der Waals surface area contributed by atoms with Crippen LogP contribution in [0.3, 0.4) is 0 Å². The van der Waals surface area contributed by atoms with Crippen molar-refractivity contribution in [2.45, 2.75) is 32.0 Å². The van der Waals surface area contributed by atoms with Crippen LogP contribution >= 0.6 is 0 Å². The lowest BCUT2D eigenvalue weighted by Gasteiger charge is -2.35. The van der Waals surface area contributed by atoms with Crippen LogP contribution < -0.4 is 14.2 Å². The van der Waals surface area contributed by atoms with Crippen molar-refractivity contribution in [3.8, 4) is 17.5 Å². The Morgan fingerprint density at radius 3 is 2.60 bits per heavy atom. The molecular weight excluding hydrogens is 399 g/mol. The normalized spacial score (nSPS) is 18.8. The summed E-state index contributed by atoms with van der Waals surface area (Å²) in [5.74, 6) is 1.80. The second-order valence-corrected chi connectivity index (χ2v) is 7.59. The molecule has 0 spiro atoms. The Morgan fingerprint density at radius 1 is 1.13 bits per heavy atom. The molecule has 6 nitrogen and oxygen atoms in total. The fourth-order valence-corrected chi connectivity index (χ4v) is 3.71. The predicted molar refractivity (Wildman–Crippen MR) is 103 cm³/mol. The van der Waals surface area contributed by atoms with Gasteiger partial charge in [0.2, 0.25) is 5.88 Å². The van der Waals surface area contributed by atoms with E-state index in [1.807, 2.05) is 12.1 Å². The van der Waals surface area contributed by atoms with Gasteiger partial charge in [0.25, 0.3) is 5.88 Å². The van der Waals surface area contributed by atoms with Crippen molar-refractivity contribution < 1.29 is 27.4 Å². The number of ether oxygens (including phenoxy) is 3. The summed E-state index contributed by atoms with van der Waals surface area (Å²) in [4.78, 5) is 10.7. The average Bonchev–Trinajstić information content (AvgIpc) is 2.77. The highest BCUT2D eigenvalue weighted by atomic mass is 19.4. The van der Waals surface area contributed by atoms with Crippen molar-refractivity contribution in [1.29, 1.82) is 0 Å². The van der Waals surface area contributed by atoms with Gasteiger partial charge in [-0.1, -0.05) is 0 Å². The molecule has 0 aromatic carbocycles. The van der Waals surface area contributed by atoms with E-state index in [0.717, 1.165) is 43.9 Å². The summed E-state index contributed by atoms with van der Waals surface area (Å²) in [5, 5.41) is 0. The van der Waals surface area contributed by atoms with Gasteiger partial charge in [-0.15, -0.1) is 0 Å². The topological polar surface area (TPSA) is 56.7 Å². The minimum atomic E-state index is -4.39. The van der Waals surface area contributed by atoms with Crippen LogP contribution in [0.25, 0.3) is 0 Å². The number of likely N-dealkylation sites (tertiary alicyclic amines) is 1. The number of hydrogen-bond donors (Lipinski definition) is 0. The fourth-order valence-electron chi connectivity index (χ4n) is 3.71. The van der Waals surface area contributed by atoms with Crippen LogP contribution in [0.15, 0.2) is 30.5 Å². The summed E-state index contributed by atoms with van der Waals surface area (Å²) in [7, 11) is 0. The molecule has 0 N–H and O–H groups in total. The molecule has 30 heavy (non-hydrogen) atoms. The first-order chi connectivity index (χ1) is 14.4. The summed E-state index contributed by atoms with van der Waals surface area (Å²) in [6, 6.07) is 6.30. The van der Waals surface area contributed by atoms with Gasteiger partial charge in [-0.3, -0.25) is 4.90 Å². The lowest BCUT2D eigenvalue weighted by molar-refractivity contribution is -0.137. The van der Waals surface area contributed by atoms with Crippen molar-refractivity contribution in [2.24, 2.45) is 5.92 Å². The molecule has 1 unspecified atom stereocenters. The van der Waals surface area contributed by atoms with E-state index in [2.05, 4.69) is 21.8 Å². The highest BCUT2D eigenvalue weighted by Crippen LogP contribution is 2.32. The maximum absolute atomic E-state index is 12.6. The Kier molecular flexibility index (Phi) is 5.99. The van der Waals surface area contributed by atoms with Crippen LogP contribution in [-0.2, 0) is 6.18 Å². The van der Waals surface area contributed by atoms with Crippen LogP contribution in [-0.4, -0.2) is 47.8 Å². The SMILES string of the molecule is CC(c1ccc2c(n1)OCCO2)N1CCC(COc2ccc(C(F)(F)F)cn2)CC1. The molecule has 1 saturated heterocycles. The lowest BCUT2D eigenvalue weighted by atomic mass is 9.96. The van der Waals surface area contributed by atoms with Crippen LogP contribution in [0.4, 0.5) is 13.2 Å². The second kappa shape index (κ2) is 8.67. The van der Waals surface area contributed by atoms with Gasteiger partial charge < -0.3 is 14.2 Å². The van der Waals surface area contributed by atoms with E-state index in [1.54, 1.807) is 0 Å². The van der Waals surface area contributed by atoms with E-state index in [1.165, 1.54) is 6.07 Å². The molecule has 1 fully saturated rings. The average molecular weight is 423 g/mol. The van der Waals surface area contributed by atoms with Gasteiger partial charge >= 0.3 is 6.18 Å². The Bertz CT molecular complexity index is 853. The molecular formula is C21H24F3N3O3. The molecule has 0 bridgehead atoms. The molecule has 0 saturated carbocycles. The zero-order valence-corrected chi connectivity index (χ0v) is 16.7. The summed E-state index contributed by atoms with van der Waals surface area (Å²) in [6.45, 7) is 5.42. The van der Waals surface area contributed by atoms with E-state index in [4.69, 9.17) is 14.2 Å². The van der Waals surface area contributed by atoms with Gasteiger partial charge in [-0.25, -0.2) is 9.97 Å². The monoisotopic (exact) mass is 423 g/mol. The zero-order chi connectivity index (χ0) is 21.1. The fraction of sp³-hybridized carbons (Fsp3) is 0.524. The third kappa shape index (κ3) is 4.77. The van der Waals surface area contributed by atoms with E-state index in [0.29, 0.717) is 37.4 Å². The number of rotatable bonds is 5. The molecule has 9 heteroatoms. The molecule has 0 aliphatic carbocycles. The predicted octanol–water partition coefficient (Wildman–Crippen LogP) is 4.12. The Morgan fingerprint density at radius 2 is 1.90 bits per heavy atom. The Balaban J connectivity index is 1.26. The number of piperidine rings is 1. The van der Waals surface area contributed by atoms with Crippen LogP contribution in [0.2, 0.25) is 0 Å². The van der Waals surface area contributed by atoms with Crippen LogP contribution in [0.5, 0.6) is 17.5 Å². The number of alkyl halides is 3. The van der Waals surface area contributed by atoms with Crippen molar-refractivity contribution in [3.05, 3.63) is 41.7 Å². The highest BCUT2D eigenvalue weighted by molar-refractivity contribution is 5.36. The minimum Gasteiger partial charge on any atom is -0.484 e. The third-order valence-corrected chi connectivity index (χ3v) is 5.58. The van der Waals surface area contributed by atoms with Crippen molar-refractivity contribution in [3.63, 3.8) is 0 Å². The van der Waals surface area contributed by atoms with Gasteiger partial charge in [0, 0.05) is 18.3 Å². The molecule has 0 amide bonds. The molecule has 2 aliphatic heterocycles. The van der Waals surface area contributed by atoms with E-state index in [9.17, 15) is 13.2 Å².